The van der Waals surface area contributed by atoms with E-state index in [2.05, 4.69) is 349 Å². The molecular weight excluding hydrogens is 1040 g/mol. The van der Waals surface area contributed by atoms with Crippen LogP contribution in [0.3, 0.4) is 0 Å². The number of nitrogens with zero attached hydrogens (tertiary/aromatic N) is 2. The smallest absolute Gasteiger partial charge is 0.0541 e. The molecule has 16 rings (SSSR count). The number of hydrogen-bond donors (Lipinski definition) is 0. The van der Waals surface area contributed by atoms with Crippen LogP contribution in [0.25, 0.3) is 155 Å². The minimum absolute atomic E-state index is 1.15. The van der Waals surface area contributed by atoms with Gasteiger partial charge in [-0.05, 0) is 150 Å². The average Bonchev–Trinajstić information content (AvgIpc) is 1.78. The molecular formula is C84H56N2. The van der Waals surface area contributed by atoms with E-state index < -0.39 is 0 Å². The Balaban J connectivity index is 0.666. The molecule has 0 saturated heterocycles. The molecule has 0 spiro atoms. The molecule has 0 amide bonds. The summed E-state index contributed by atoms with van der Waals surface area (Å²) in [5, 5.41) is 4.93. The highest BCUT2D eigenvalue weighted by atomic mass is 15.0. The van der Waals surface area contributed by atoms with E-state index in [0.717, 1.165) is 5.69 Å². The number of fused-ring (bicyclic) bond motifs is 6. The van der Waals surface area contributed by atoms with Crippen molar-refractivity contribution in [3.63, 3.8) is 0 Å². The van der Waals surface area contributed by atoms with Gasteiger partial charge in [0.25, 0.3) is 0 Å². The molecule has 2 heterocycles. The molecule has 2 nitrogen and oxygen atoms in total. The third kappa shape index (κ3) is 9.00. The first-order valence-corrected chi connectivity index (χ1v) is 29.6. The van der Waals surface area contributed by atoms with Crippen LogP contribution in [0.15, 0.2) is 340 Å². The lowest BCUT2D eigenvalue weighted by Gasteiger charge is -2.15. The van der Waals surface area contributed by atoms with Crippen LogP contribution < -0.4 is 0 Å². The summed E-state index contributed by atoms with van der Waals surface area (Å²) in [5.74, 6) is 0. The van der Waals surface area contributed by atoms with Gasteiger partial charge in [0, 0.05) is 32.7 Å². The van der Waals surface area contributed by atoms with Crippen LogP contribution in [0.1, 0.15) is 0 Å². The number of rotatable bonds is 11. The van der Waals surface area contributed by atoms with E-state index in [1.807, 2.05) is 0 Å². The Morgan fingerprint density at radius 1 is 0.140 bits per heavy atom. The molecule has 0 bridgehead atoms. The molecule has 0 radical (unpaired) electrons. The highest BCUT2D eigenvalue weighted by molar-refractivity contribution is 6.13. The standard InChI is InChI=1S/C84H56N2/c1-3-19-61(20-4-1)71-27-7-8-28-72(71)63-45-43-60(44-46-63)66-24-18-26-68(54-66)67-25-17-23-65(53-67)59-39-37-57(38-40-59)58-41-47-64(48-42-58)74-30-10-14-34-80(74)86-82-36-16-12-32-76(82)78-56-70(50-52-84(78)86)69-49-51-83-77(55-69)75-31-11-15-35-81(75)85(83)79-33-13-9-29-73(79)62-21-5-2-6-22-62/h1-56H. The fourth-order valence-electron chi connectivity index (χ4n) is 13.2. The number of benzene rings is 14. The number of para-hydroxylation sites is 4. The van der Waals surface area contributed by atoms with E-state index in [4.69, 9.17) is 0 Å². The van der Waals surface area contributed by atoms with Crippen LogP contribution in [0.4, 0.5) is 0 Å². The van der Waals surface area contributed by atoms with Gasteiger partial charge in [-0.1, -0.05) is 279 Å². The second-order valence-corrected chi connectivity index (χ2v) is 22.4. The van der Waals surface area contributed by atoms with Gasteiger partial charge in [0.05, 0.1) is 33.4 Å². The maximum atomic E-state index is 2.45. The maximum absolute atomic E-state index is 2.45. The Morgan fingerprint density at radius 2 is 0.395 bits per heavy atom. The first kappa shape index (κ1) is 50.4. The molecule has 0 aliphatic rings. The van der Waals surface area contributed by atoms with Gasteiger partial charge >= 0.3 is 0 Å². The molecule has 0 fully saturated rings. The predicted octanol–water partition coefficient (Wildman–Crippen LogP) is 22.9. The fourth-order valence-corrected chi connectivity index (χ4v) is 13.2. The zero-order valence-corrected chi connectivity index (χ0v) is 47.2. The number of hydrogen-bond acceptors (Lipinski definition) is 0. The van der Waals surface area contributed by atoms with Crippen molar-refractivity contribution in [2.75, 3.05) is 0 Å². The number of aromatic nitrogens is 2. The van der Waals surface area contributed by atoms with Crippen LogP contribution in [0, 0.1) is 0 Å². The Kier molecular flexibility index (Phi) is 12.6. The van der Waals surface area contributed by atoms with Crippen molar-refractivity contribution >= 4 is 43.6 Å². The minimum atomic E-state index is 1.15. The second-order valence-electron chi connectivity index (χ2n) is 22.4. The molecule has 0 N–H and O–H groups in total. The quantitative estimate of drug-likeness (QED) is 0.122. The summed E-state index contributed by atoms with van der Waals surface area (Å²) < 4.78 is 4.89. The van der Waals surface area contributed by atoms with Crippen molar-refractivity contribution in [2.24, 2.45) is 0 Å². The van der Waals surface area contributed by atoms with Crippen molar-refractivity contribution in [1.29, 1.82) is 0 Å². The summed E-state index contributed by atoms with van der Waals surface area (Å²) in [4.78, 5) is 0. The van der Waals surface area contributed by atoms with Crippen LogP contribution in [0.5, 0.6) is 0 Å². The molecule has 0 atom stereocenters. The molecule has 0 aliphatic heterocycles. The fraction of sp³-hybridized carbons (Fsp3) is 0. The third-order valence-corrected chi connectivity index (χ3v) is 17.4. The van der Waals surface area contributed by atoms with Gasteiger partial charge in [-0.3, -0.25) is 0 Å². The van der Waals surface area contributed by atoms with E-state index in [9.17, 15) is 0 Å². The van der Waals surface area contributed by atoms with Gasteiger partial charge in [-0.2, -0.15) is 0 Å². The predicted molar refractivity (Wildman–Crippen MR) is 364 cm³/mol. The van der Waals surface area contributed by atoms with E-state index in [-0.39, 0.29) is 0 Å². The van der Waals surface area contributed by atoms with Gasteiger partial charge in [-0.15, -0.1) is 0 Å². The Labute approximate surface area is 501 Å². The summed E-state index contributed by atoms with van der Waals surface area (Å²) in [6.45, 7) is 0. The van der Waals surface area contributed by atoms with Crippen molar-refractivity contribution in [2.45, 2.75) is 0 Å². The summed E-state index contributed by atoms with van der Waals surface area (Å²) in [6, 6.07) is 124. The lowest BCUT2D eigenvalue weighted by Crippen LogP contribution is -1.97. The Morgan fingerprint density at radius 3 is 0.826 bits per heavy atom. The van der Waals surface area contributed by atoms with Crippen molar-refractivity contribution in [3.8, 4) is 112 Å². The molecule has 402 valence electrons. The van der Waals surface area contributed by atoms with Gasteiger partial charge in [0.15, 0.2) is 0 Å². The highest BCUT2D eigenvalue weighted by Gasteiger charge is 2.20. The molecule has 0 unspecified atom stereocenters. The summed E-state index contributed by atoms with van der Waals surface area (Å²) in [6.07, 6.45) is 0. The van der Waals surface area contributed by atoms with E-state index in [0.29, 0.717) is 0 Å². The van der Waals surface area contributed by atoms with Crippen LogP contribution in [0.2, 0.25) is 0 Å². The summed E-state index contributed by atoms with van der Waals surface area (Å²) >= 11 is 0. The van der Waals surface area contributed by atoms with Gasteiger partial charge in [0.1, 0.15) is 0 Å². The van der Waals surface area contributed by atoms with Crippen molar-refractivity contribution in [1.82, 2.24) is 9.13 Å². The summed E-state index contributed by atoms with van der Waals surface area (Å²) in [7, 11) is 0. The molecule has 14 aromatic carbocycles. The molecule has 16 aromatic rings. The first-order valence-electron chi connectivity index (χ1n) is 29.6. The van der Waals surface area contributed by atoms with Crippen LogP contribution in [-0.4, -0.2) is 9.13 Å². The van der Waals surface area contributed by atoms with Crippen molar-refractivity contribution < 1.29 is 0 Å². The van der Waals surface area contributed by atoms with Crippen molar-refractivity contribution in [3.05, 3.63) is 340 Å². The molecule has 86 heavy (non-hydrogen) atoms. The molecule has 2 aromatic heterocycles. The zero-order chi connectivity index (χ0) is 56.9. The van der Waals surface area contributed by atoms with Gasteiger partial charge in [0.2, 0.25) is 0 Å². The Hall–Kier alpha value is -11.3. The van der Waals surface area contributed by atoms with Crippen LogP contribution in [-0.2, 0) is 0 Å². The van der Waals surface area contributed by atoms with Gasteiger partial charge < -0.3 is 9.13 Å². The zero-order valence-electron chi connectivity index (χ0n) is 47.2. The lowest BCUT2D eigenvalue weighted by molar-refractivity contribution is 1.18. The second kappa shape index (κ2) is 21.5. The monoisotopic (exact) mass is 1090 g/mol. The SMILES string of the molecule is c1ccc(-c2ccccc2-c2ccc(-c3cccc(-c4cccc(-c5ccc(-c6ccc(-c7ccccc7-n7c8ccccc8c8cc(-c9ccc%10c(c9)c9ccccc9n%10-c9ccccc9-c9ccccc9)ccc87)cc6)cc5)c4)c3)cc2)cc1. The molecule has 0 aliphatic carbocycles. The molecule has 0 saturated carbocycles. The lowest BCUT2D eigenvalue weighted by atomic mass is 9.92. The van der Waals surface area contributed by atoms with Crippen LogP contribution >= 0.6 is 0 Å². The third-order valence-electron chi connectivity index (χ3n) is 17.4. The van der Waals surface area contributed by atoms with E-state index in [1.165, 1.54) is 149 Å². The maximum Gasteiger partial charge on any atom is 0.0541 e. The van der Waals surface area contributed by atoms with E-state index in [1.54, 1.807) is 0 Å². The van der Waals surface area contributed by atoms with E-state index >= 15 is 0 Å². The topological polar surface area (TPSA) is 9.86 Å². The highest BCUT2D eigenvalue weighted by Crippen LogP contribution is 2.42. The molecule has 2 heteroatoms. The normalized spacial score (nSPS) is 11.5. The first-order chi connectivity index (χ1) is 42.6. The summed E-state index contributed by atoms with van der Waals surface area (Å²) in [5.41, 5.74) is 28.7. The minimum Gasteiger partial charge on any atom is -0.309 e. The largest absolute Gasteiger partial charge is 0.309 e. The average molecular weight is 1090 g/mol. The Bertz CT molecular complexity index is 5180. The van der Waals surface area contributed by atoms with Gasteiger partial charge in [-0.25, -0.2) is 0 Å².